The van der Waals surface area contributed by atoms with E-state index in [0.717, 1.165) is 0 Å². The van der Waals surface area contributed by atoms with Crippen molar-refractivity contribution in [1.29, 1.82) is 0 Å². The highest BCUT2D eigenvalue weighted by molar-refractivity contribution is 6.74. The summed E-state index contributed by atoms with van der Waals surface area (Å²) in [6.07, 6.45) is 2.05. The van der Waals surface area contributed by atoms with E-state index in [-0.39, 0.29) is 24.9 Å². The molecule has 0 unspecified atom stereocenters. The molecule has 1 aliphatic rings. The van der Waals surface area contributed by atoms with E-state index in [1.54, 1.807) is 20.8 Å². The Morgan fingerprint density at radius 3 is 2.03 bits per heavy atom. The Kier molecular flexibility index (Phi) is 10.2. The van der Waals surface area contributed by atoms with Gasteiger partial charge in [0.25, 0.3) is 0 Å². The average molecular weight is 483 g/mol. The summed E-state index contributed by atoms with van der Waals surface area (Å²) >= 11 is 0. The van der Waals surface area contributed by atoms with Crippen LogP contribution in [0.25, 0.3) is 0 Å². The number of rotatable bonds is 11. The van der Waals surface area contributed by atoms with Gasteiger partial charge in [0.15, 0.2) is 20.0 Å². The van der Waals surface area contributed by atoms with Crippen LogP contribution in [-0.2, 0) is 37.8 Å². The third kappa shape index (κ3) is 6.86. The Balaban J connectivity index is 3.54. The Labute approximate surface area is 197 Å². The Bertz CT molecular complexity index is 775. The van der Waals surface area contributed by atoms with Crippen molar-refractivity contribution in [3.05, 3.63) is 24.3 Å². The Morgan fingerprint density at radius 1 is 1.09 bits per heavy atom. The molecule has 0 radical (unpaired) electrons. The molecule has 8 nitrogen and oxygen atoms in total. The van der Waals surface area contributed by atoms with E-state index in [0.29, 0.717) is 5.57 Å². The smallest absolute Gasteiger partial charge is 0.320 e. The zero-order valence-corrected chi connectivity index (χ0v) is 22.1. The van der Waals surface area contributed by atoms with Gasteiger partial charge in [0.05, 0.1) is 19.3 Å². The van der Waals surface area contributed by atoms with Gasteiger partial charge in [-0.2, -0.15) is 0 Å². The van der Waals surface area contributed by atoms with Crippen molar-refractivity contribution >= 4 is 32.0 Å². The normalized spacial score (nSPS) is 19.7. The molecule has 0 bridgehead atoms. The molecule has 0 heterocycles. The fraction of sp³-hybridized carbons (Fsp3) is 0.667. The lowest BCUT2D eigenvalue weighted by molar-refractivity contribution is -0.166. The number of allylic oxidation sites excluding steroid dienone is 1. The van der Waals surface area contributed by atoms with E-state index in [9.17, 15) is 19.2 Å². The number of hydrogen-bond donors (Lipinski definition) is 0. The molecule has 0 aromatic heterocycles. The van der Waals surface area contributed by atoms with Gasteiger partial charge in [0, 0.05) is 5.92 Å². The van der Waals surface area contributed by atoms with Gasteiger partial charge >= 0.3 is 17.9 Å². The van der Waals surface area contributed by atoms with Gasteiger partial charge in [0.1, 0.15) is 12.5 Å². The topological polar surface area (TPSA) is 105 Å². The van der Waals surface area contributed by atoms with Crippen molar-refractivity contribution in [3.63, 3.8) is 0 Å². The molecule has 0 saturated carbocycles. The summed E-state index contributed by atoms with van der Waals surface area (Å²) < 4.78 is 21.9. The van der Waals surface area contributed by atoms with Crippen molar-refractivity contribution in [1.82, 2.24) is 0 Å². The molecule has 0 fully saturated rings. The van der Waals surface area contributed by atoms with Gasteiger partial charge in [-0.15, -0.1) is 0 Å². The maximum Gasteiger partial charge on any atom is 0.320 e. The molecule has 0 aromatic carbocycles. The molecule has 0 spiro atoms. The van der Waals surface area contributed by atoms with Crippen LogP contribution >= 0.6 is 0 Å². The standard InChI is InChI=1S/C24H38O8Si/c1-10-13-31-21(26)19-17(25)14-16(15(4)32-33(8,9)24(5,6)7)18(19)20(22(27)29-11-2)23(28)30-12-3/h10,14-15,18-20H,1,11-13H2,2-9H3/t15-,18+,19+/m0/s1. The Morgan fingerprint density at radius 2 is 1.61 bits per heavy atom. The van der Waals surface area contributed by atoms with Crippen LogP contribution in [0.3, 0.4) is 0 Å². The van der Waals surface area contributed by atoms with E-state index in [2.05, 4.69) is 40.4 Å². The second kappa shape index (κ2) is 11.7. The van der Waals surface area contributed by atoms with Crippen molar-refractivity contribution < 1.29 is 37.8 Å². The van der Waals surface area contributed by atoms with Crippen LogP contribution in [0.15, 0.2) is 24.3 Å². The highest BCUT2D eigenvalue weighted by Gasteiger charge is 2.54. The summed E-state index contributed by atoms with van der Waals surface area (Å²) in [5.41, 5.74) is 0.386. The van der Waals surface area contributed by atoms with Crippen LogP contribution in [-0.4, -0.2) is 57.9 Å². The van der Waals surface area contributed by atoms with E-state index in [1.807, 2.05) is 0 Å². The predicted octanol–water partition coefficient (Wildman–Crippen LogP) is 3.61. The molecule has 1 rings (SSSR count). The first-order valence-corrected chi connectivity index (χ1v) is 14.2. The molecule has 33 heavy (non-hydrogen) atoms. The van der Waals surface area contributed by atoms with Gasteiger partial charge in [-0.05, 0) is 50.6 Å². The minimum atomic E-state index is -2.29. The number of carbonyl (C=O) groups is 4. The van der Waals surface area contributed by atoms with Crippen LogP contribution in [0, 0.1) is 17.8 Å². The van der Waals surface area contributed by atoms with Gasteiger partial charge in [0.2, 0.25) is 0 Å². The molecule has 0 aromatic rings. The number of esters is 3. The largest absolute Gasteiger partial charge is 0.465 e. The lowest BCUT2D eigenvalue weighted by Gasteiger charge is -2.40. The fourth-order valence-electron chi connectivity index (χ4n) is 3.53. The third-order valence-electron chi connectivity index (χ3n) is 6.14. The maximum atomic E-state index is 13.0. The van der Waals surface area contributed by atoms with Crippen molar-refractivity contribution in [2.75, 3.05) is 19.8 Å². The predicted molar refractivity (Wildman–Crippen MR) is 126 cm³/mol. The molecular weight excluding hydrogens is 444 g/mol. The molecule has 3 atom stereocenters. The molecule has 0 amide bonds. The molecule has 1 aliphatic carbocycles. The van der Waals surface area contributed by atoms with Gasteiger partial charge in [-0.25, -0.2) is 0 Å². The summed E-state index contributed by atoms with van der Waals surface area (Å²) in [4.78, 5) is 51.6. The van der Waals surface area contributed by atoms with Gasteiger partial charge in [-0.3, -0.25) is 19.2 Å². The van der Waals surface area contributed by atoms with Crippen LogP contribution in [0.2, 0.25) is 18.1 Å². The van der Waals surface area contributed by atoms with E-state index < -0.39 is 55.9 Å². The van der Waals surface area contributed by atoms with E-state index >= 15 is 0 Å². The van der Waals surface area contributed by atoms with Gasteiger partial charge in [-0.1, -0.05) is 33.4 Å². The fourth-order valence-corrected chi connectivity index (χ4v) is 4.90. The monoisotopic (exact) mass is 482 g/mol. The number of hydrogen-bond acceptors (Lipinski definition) is 8. The molecule has 9 heteroatoms. The van der Waals surface area contributed by atoms with Crippen molar-refractivity contribution in [3.8, 4) is 0 Å². The quantitative estimate of drug-likeness (QED) is 0.145. The summed E-state index contributed by atoms with van der Waals surface area (Å²) in [7, 11) is -2.29. The summed E-state index contributed by atoms with van der Waals surface area (Å²) in [5, 5.41) is -0.121. The third-order valence-corrected chi connectivity index (χ3v) is 10.7. The van der Waals surface area contributed by atoms with Crippen LogP contribution in [0.4, 0.5) is 0 Å². The summed E-state index contributed by atoms with van der Waals surface area (Å²) in [6, 6.07) is 0. The molecule has 0 N–H and O–H groups in total. The molecular formula is C24H38O8Si. The first-order valence-electron chi connectivity index (χ1n) is 11.3. The summed E-state index contributed by atoms with van der Waals surface area (Å²) in [6.45, 7) is 18.8. The van der Waals surface area contributed by atoms with Crippen molar-refractivity contribution in [2.24, 2.45) is 17.8 Å². The number of ether oxygens (including phenoxy) is 3. The molecule has 186 valence electrons. The second-order valence-electron chi connectivity index (χ2n) is 9.47. The number of carbonyl (C=O) groups excluding carboxylic acids is 4. The zero-order valence-electron chi connectivity index (χ0n) is 21.1. The first-order chi connectivity index (χ1) is 15.2. The van der Waals surface area contributed by atoms with Crippen LogP contribution in [0.5, 0.6) is 0 Å². The highest BCUT2D eigenvalue weighted by atomic mass is 28.4. The van der Waals surface area contributed by atoms with Gasteiger partial charge < -0.3 is 18.6 Å². The zero-order chi connectivity index (χ0) is 25.6. The SMILES string of the molecule is C=CCOC(=O)[C@@H]1C(=O)C=C([C@H](C)O[Si](C)(C)C(C)(C)C)[C@H]1C(C(=O)OCC)C(=O)OCC. The van der Waals surface area contributed by atoms with E-state index in [1.165, 1.54) is 12.2 Å². The summed E-state index contributed by atoms with van der Waals surface area (Å²) in [5.74, 6) is -7.13. The molecule has 0 saturated heterocycles. The minimum Gasteiger partial charge on any atom is -0.465 e. The molecule has 0 aliphatic heterocycles. The highest BCUT2D eigenvalue weighted by Crippen LogP contribution is 2.43. The van der Waals surface area contributed by atoms with Crippen LogP contribution in [0.1, 0.15) is 41.5 Å². The second-order valence-corrected chi connectivity index (χ2v) is 14.2. The minimum absolute atomic E-state index is 0.0239. The van der Waals surface area contributed by atoms with E-state index in [4.69, 9.17) is 18.6 Å². The maximum absolute atomic E-state index is 13.0. The lowest BCUT2D eigenvalue weighted by Crippen LogP contribution is -2.46. The first kappa shape index (κ1) is 28.8. The Hall–Kier alpha value is -2.26. The van der Waals surface area contributed by atoms with Crippen LogP contribution < -0.4 is 0 Å². The lowest BCUT2D eigenvalue weighted by atomic mass is 9.78. The number of ketones is 1. The average Bonchev–Trinajstić information content (AvgIpc) is 3.02. The van der Waals surface area contributed by atoms with Crippen molar-refractivity contribution in [2.45, 2.75) is 65.8 Å².